The smallest absolute Gasteiger partial charge is 0.307 e. The average Bonchev–Trinajstić information content (AvgIpc) is 3.30. The quantitative estimate of drug-likeness (QED) is 0.268. The fourth-order valence-electron chi connectivity index (χ4n) is 3.88. The van der Waals surface area contributed by atoms with E-state index in [-0.39, 0.29) is 6.42 Å². The van der Waals surface area contributed by atoms with Gasteiger partial charge in [-0.15, -0.1) is 11.3 Å². The standard InChI is InChI=1S/C29H22N2O2S/c32-28(33)20-22(29-30-26-13-7-8-14-27(26)34-29)19-21-15-17-25(18-16-21)31(23-9-3-1-4-10-23)24-11-5-2-6-12-24/h1-19H,20H2,(H,32,33)/b22-19+. The summed E-state index contributed by atoms with van der Waals surface area (Å²) < 4.78 is 1.05. The highest BCUT2D eigenvalue weighted by molar-refractivity contribution is 7.19. The number of nitrogens with zero attached hydrogens (tertiary/aromatic N) is 2. The van der Waals surface area contributed by atoms with Crippen LogP contribution in [-0.2, 0) is 4.79 Å². The first-order valence-corrected chi connectivity index (χ1v) is 11.8. The van der Waals surface area contributed by atoms with E-state index in [1.165, 1.54) is 11.3 Å². The van der Waals surface area contributed by atoms with E-state index in [2.05, 4.69) is 46.3 Å². The maximum atomic E-state index is 11.6. The summed E-state index contributed by atoms with van der Waals surface area (Å²) in [6.07, 6.45) is 1.84. The first-order valence-electron chi connectivity index (χ1n) is 11.0. The lowest BCUT2D eigenvalue weighted by Gasteiger charge is -2.25. The molecule has 0 amide bonds. The molecule has 0 aliphatic rings. The third kappa shape index (κ3) is 4.75. The summed E-state index contributed by atoms with van der Waals surface area (Å²) >= 11 is 1.52. The van der Waals surface area contributed by atoms with Crippen LogP contribution in [0.4, 0.5) is 17.1 Å². The molecule has 0 aliphatic heterocycles. The summed E-state index contributed by atoms with van der Waals surface area (Å²) in [4.78, 5) is 18.4. The molecule has 1 aromatic heterocycles. The van der Waals surface area contributed by atoms with Crippen molar-refractivity contribution in [1.82, 2.24) is 4.98 Å². The fourth-order valence-corrected chi connectivity index (χ4v) is 4.86. The predicted molar refractivity (Wildman–Crippen MR) is 141 cm³/mol. The van der Waals surface area contributed by atoms with Crippen molar-refractivity contribution in [2.24, 2.45) is 0 Å². The Morgan fingerprint density at radius 2 is 1.32 bits per heavy atom. The Balaban J connectivity index is 1.51. The summed E-state index contributed by atoms with van der Waals surface area (Å²) in [6, 6.07) is 36.5. The number of anilines is 3. The van der Waals surface area contributed by atoms with Gasteiger partial charge in [-0.1, -0.05) is 60.7 Å². The first kappa shape index (κ1) is 21.6. The van der Waals surface area contributed by atoms with Gasteiger partial charge in [0.1, 0.15) is 5.01 Å². The summed E-state index contributed by atoms with van der Waals surface area (Å²) in [5, 5.41) is 10.2. The molecule has 0 saturated carbocycles. The van der Waals surface area contributed by atoms with E-state index in [1.54, 1.807) is 0 Å². The lowest BCUT2D eigenvalue weighted by Crippen LogP contribution is -2.09. The van der Waals surface area contributed by atoms with Gasteiger partial charge in [-0.05, 0) is 65.7 Å². The number of carboxylic acid groups (broad SMARTS) is 1. The van der Waals surface area contributed by atoms with Crippen LogP contribution in [0.3, 0.4) is 0 Å². The molecular weight excluding hydrogens is 440 g/mol. The zero-order valence-electron chi connectivity index (χ0n) is 18.3. The highest BCUT2D eigenvalue weighted by Crippen LogP contribution is 2.35. The van der Waals surface area contributed by atoms with Crippen molar-refractivity contribution in [3.63, 3.8) is 0 Å². The van der Waals surface area contributed by atoms with E-state index in [1.807, 2.05) is 78.9 Å². The molecule has 34 heavy (non-hydrogen) atoms. The van der Waals surface area contributed by atoms with Crippen LogP contribution >= 0.6 is 11.3 Å². The van der Waals surface area contributed by atoms with Gasteiger partial charge in [-0.25, -0.2) is 4.98 Å². The fraction of sp³-hybridized carbons (Fsp3) is 0.0345. The summed E-state index contributed by atoms with van der Waals surface area (Å²) in [5.41, 5.74) is 5.67. The number of hydrogen-bond acceptors (Lipinski definition) is 4. The lowest BCUT2D eigenvalue weighted by atomic mass is 10.1. The Morgan fingerprint density at radius 1 is 0.765 bits per heavy atom. The van der Waals surface area contributed by atoms with E-state index in [0.717, 1.165) is 37.8 Å². The van der Waals surface area contributed by atoms with Gasteiger partial charge in [0, 0.05) is 17.1 Å². The topological polar surface area (TPSA) is 53.4 Å². The number of benzene rings is 4. The number of rotatable bonds is 7. The SMILES string of the molecule is O=C(O)C/C(=C\c1ccc(N(c2ccccc2)c2ccccc2)cc1)c1nc2ccccc2s1. The molecular formula is C29H22N2O2S. The predicted octanol–water partition coefficient (Wildman–Crippen LogP) is 7.78. The summed E-state index contributed by atoms with van der Waals surface area (Å²) in [5.74, 6) is -0.874. The molecule has 0 atom stereocenters. The highest BCUT2D eigenvalue weighted by atomic mass is 32.1. The molecule has 1 N–H and O–H groups in total. The number of aliphatic carboxylic acids is 1. The largest absolute Gasteiger partial charge is 0.481 e. The van der Waals surface area contributed by atoms with Gasteiger partial charge >= 0.3 is 5.97 Å². The molecule has 0 saturated heterocycles. The van der Waals surface area contributed by atoms with Crippen LogP contribution in [0, 0.1) is 0 Å². The van der Waals surface area contributed by atoms with Crippen LogP contribution in [0.5, 0.6) is 0 Å². The van der Waals surface area contributed by atoms with Crippen LogP contribution in [0.25, 0.3) is 21.9 Å². The molecule has 166 valence electrons. The number of hydrogen-bond donors (Lipinski definition) is 1. The minimum absolute atomic E-state index is 0.0816. The van der Waals surface area contributed by atoms with E-state index in [4.69, 9.17) is 0 Å². The Kier molecular flexibility index (Phi) is 6.19. The molecule has 0 aliphatic carbocycles. The normalized spacial score (nSPS) is 11.5. The average molecular weight is 463 g/mol. The van der Waals surface area contributed by atoms with Crippen LogP contribution in [-0.4, -0.2) is 16.1 Å². The number of fused-ring (bicyclic) bond motifs is 1. The lowest BCUT2D eigenvalue weighted by molar-refractivity contribution is -0.135. The van der Waals surface area contributed by atoms with Gasteiger partial charge < -0.3 is 10.0 Å². The number of thiazole rings is 1. The Bertz CT molecular complexity index is 1370. The van der Waals surface area contributed by atoms with Gasteiger partial charge in [0.2, 0.25) is 0 Å². The molecule has 5 rings (SSSR count). The van der Waals surface area contributed by atoms with Crippen LogP contribution in [0.2, 0.25) is 0 Å². The van der Waals surface area contributed by atoms with Crippen molar-refractivity contribution < 1.29 is 9.90 Å². The van der Waals surface area contributed by atoms with Gasteiger partial charge in [-0.3, -0.25) is 4.79 Å². The molecule has 5 aromatic rings. The van der Waals surface area contributed by atoms with Crippen molar-refractivity contribution in [1.29, 1.82) is 0 Å². The molecule has 0 unspecified atom stereocenters. The molecule has 4 nitrogen and oxygen atoms in total. The zero-order valence-corrected chi connectivity index (χ0v) is 19.2. The van der Waals surface area contributed by atoms with Crippen molar-refractivity contribution >= 4 is 56.2 Å². The van der Waals surface area contributed by atoms with Gasteiger partial charge in [0.15, 0.2) is 0 Å². The molecule has 0 fully saturated rings. The van der Waals surface area contributed by atoms with Gasteiger partial charge in [0.05, 0.1) is 16.6 Å². The molecule has 1 heterocycles. The molecule has 0 radical (unpaired) electrons. The van der Waals surface area contributed by atoms with E-state index in [0.29, 0.717) is 5.57 Å². The third-order valence-electron chi connectivity index (χ3n) is 5.43. The number of para-hydroxylation sites is 3. The van der Waals surface area contributed by atoms with Crippen LogP contribution in [0.15, 0.2) is 109 Å². The van der Waals surface area contributed by atoms with Crippen LogP contribution < -0.4 is 4.90 Å². The number of aromatic nitrogens is 1. The van der Waals surface area contributed by atoms with Crippen LogP contribution in [0.1, 0.15) is 17.0 Å². The second-order valence-electron chi connectivity index (χ2n) is 7.82. The second kappa shape index (κ2) is 9.73. The summed E-state index contributed by atoms with van der Waals surface area (Å²) in [7, 11) is 0. The third-order valence-corrected chi connectivity index (χ3v) is 6.54. The van der Waals surface area contributed by atoms with Crippen molar-refractivity contribution in [2.75, 3.05) is 4.90 Å². The Morgan fingerprint density at radius 3 is 1.91 bits per heavy atom. The summed E-state index contributed by atoms with van der Waals surface area (Å²) in [6.45, 7) is 0. The monoisotopic (exact) mass is 462 g/mol. The zero-order chi connectivity index (χ0) is 23.3. The molecule has 5 heteroatoms. The number of carbonyl (C=O) groups is 1. The second-order valence-corrected chi connectivity index (χ2v) is 8.86. The highest BCUT2D eigenvalue weighted by Gasteiger charge is 2.14. The first-order chi connectivity index (χ1) is 16.7. The maximum Gasteiger partial charge on any atom is 0.307 e. The van der Waals surface area contributed by atoms with E-state index >= 15 is 0 Å². The van der Waals surface area contributed by atoms with Crippen molar-refractivity contribution in [3.8, 4) is 0 Å². The minimum atomic E-state index is -0.874. The Hall–Kier alpha value is -4.22. The Labute approximate surface area is 202 Å². The van der Waals surface area contributed by atoms with Gasteiger partial charge in [-0.2, -0.15) is 0 Å². The molecule has 4 aromatic carbocycles. The van der Waals surface area contributed by atoms with Crippen molar-refractivity contribution in [2.45, 2.75) is 6.42 Å². The molecule has 0 spiro atoms. The van der Waals surface area contributed by atoms with E-state index in [9.17, 15) is 9.90 Å². The van der Waals surface area contributed by atoms with Crippen molar-refractivity contribution in [3.05, 3.63) is 120 Å². The molecule has 0 bridgehead atoms. The number of carboxylic acids is 1. The van der Waals surface area contributed by atoms with Gasteiger partial charge in [0.25, 0.3) is 0 Å². The minimum Gasteiger partial charge on any atom is -0.481 e. The maximum absolute atomic E-state index is 11.6. The van der Waals surface area contributed by atoms with E-state index < -0.39 is 5.97 Å².